The number of likely N-dealkylation sites (tertiary alicyclic amines) is 1. The first-order valence-electron chi connectivity index (χ1n) is 9.10. The van der Waals surface area contributed by atoms with Crippen molar-refractivity contribution in [1.29, 1.82) is 0 Å². The molecular formula is C20H23N5O. The first kappa shape index (κ1) is 16.6. The molecule has 0 spiro atoms. The fourth-order valence-corrected chi connectivity index (χ4v) is 3.75. The number of aryl methyl sites for hydroxylation is 1. The van der Waals surface area contributed by atoms with Crippen LogP contribution in [0.1, 0.15) is 30.9 Å². The zero-order valence-corrected chi connectivity index (χ0v) is 14.9. The predicted octanol–water partition coefficient (Wildman–Crippen LogP) is 3.23. The Morgan fingerprint density at radius 1 is 1.31 bits per heavy atom. The van der Waals surface area contributed by atoms with Crippen LogP contribution in [0.2, 0.25) is 0 Å². The maximum Gasteiger partial charge on any atom is 0.224 e. The van der Waals surface area contributed by atoms with Crippen molar-refractivity contribution in [1.82, 2.24) is 19.7 Å². The van der Waals surface area contributed by atoms with E-state index < -0.39 is 0 Å². The number of amides is 1. The highest BCUT2D eigenvalue weighted by atomic mass is 16.2. The summed E-state index contributed by atoms with van der Waals surface area (Å²) in [5.74, 6) is 1.03. The molecule has 1 aromatic carbocycles. The lowest BCUT2D eigenvalue weighted by atomic mass is 10.1. The van der Waals surface area contributed by atoms with E-state index in [-0.39, 0.29) is 11.9 Å². The van der Waals surface area contributed by atoms with E-state index >= 15 is 0 Å². The summed E-state index contributed by atoms with van der Waals surface area (Å²) in [4.78, 5) is 19.2. The second-order valence-corrected chi connectivity index (χ2v) is 6.65. The quantitative estimate of drug-likeness (QED) is 0.768. The van der Waals surface area contributed by atoms with Gasteiger partial charge in [-0.25, -0.2) is 4.98 Å². The van der Waals surface area contributed by atoms with Crippen LogP contribution in [-0.2, 0) is 11.3 Å². The summed E-state index contributed by atoms with van der Waals surface area (Å²) in [6, 6.07) is 12.3. The Hall–Kier alpha value is -2.89. The van der Waals surface area contributed by atoms with Crippen molar-refractivity contribution in [2.24, 2.45) is 0 Å². The largest absolute Gasteiger partial charge is 0.373 e. The predicted molar refractivity (Wildman–Crippen MR) is 102 cm³/mol. The highest BCUT2D eigenvalue weighted by Gasteiger charge is 2.29. The number of aromatic nitrogens is 3. The molecule has 4 rings (SSSR count). The van der Waals surface area contributed by atoms with Crippen LogP contribution in [0.4, 0.5) is 5.82 Å². The van der Waals surface area contributed by atoms with E-state index in [4.69, 9.17) is 0 Å². The number of carbonyl (C=O) groups excluding carboxylic acids is 1. The number of carbonyl (C=O) groups is 1. The molecule has 1 amide bonds. The Kier molecular flexibility index (Phi) is 4.56. The third kappa shape index (κ3) is 3.14. The van der Waals surface area contributed by atoms with Crippen molar-refractivity contribution in [2.75, 3.05) is 18.9 Å². The van der Waals surface area contributed by atoms with Gasteiger partial charge in [0.1, 0.15) is 5.82 Å². The monoisotopic (exact) mass is 349 g/mol. The fourth-order valence-electron chi connectivity index (χ4n) is 3.75. The fraction of sp³-hybridized carbons (Fsp3) is 0.350. The van der Waals surface area contributed by atoms with Crippen LogP contribution < -0.4 is 5.32 Å². The van der Waals surface area contributed by atoms with E-state index in [2.05, 4.69) is 15.4 Å². The lowest BCUT2D eigenvalue weighted by Gasteiger charge is -2.25. The number of hydrogen-bond acceptors (Lipinski definition) is 4. The molecule has 6 nitrogen and oxygen atoms in total. The van der Waals surface area contributed by atoms with E-state index in [9.17, 15) is 4.79 Å². The van der Waals surface area contributed by atoms with Crippen molar-refractivity contribution in [3.8, 4) is 0 Å². The topological polar surface area (TPSA) is 63.1 Å². The van der Waals surface area contributed by atoms with Crippen LogP contribution >= 0.6 is 0 Å². The molecular weight excluding hydrogens is 326 g/mol. The van der Waals surface area contributed by atoms with Gasteiger partial charge in [0.25, 0.3) is 0 Å². The summed E-state index contributed by atoms with van der Waals surface area (Å²) in [6.07, 6.45) is 6.17. The van der Waals surface area contributed by atoms with E-state index in [1.165, 1.54) is 0 Å². The molecule has 2 aromatic heterocycles. The molecule has 26 heavy (non-hydrogen) atoms. The van der Waals surface area contributed by atoms with Crippen molar-refractivity contribution < 1.29 is 4.79 Å². The van der Waals surface area contributed by atoms with Gasteiger partial charge < -0.3 is 10.2 Å². The standard InChI is InChI=1S/C20H23N5O/c1-21-19-13-15(8-10-22-19)17-7-4-11-24(17)20(26)9-12-25-18-6-3-2-5-16(18)14-23-25/h2-3,5-6,8,10,13-14,17H,4,7,9,11-12H2,1H3,(H,21,22)/t17-/m0/s1. The number of nitrogens with zero attached hydrogens (tertiary/aromatic N) is 4. The maximum absolute atomic E-state index is 12.9. The molecule has 0 unspecified atom stereocenters. The molecule has 3 heterocycles. The third-order valence-electron chi connectivity index (χ3n) is 5.09. The van der Waals surface area contributed by atoms with Crippen LogP contribution in [-0.4, -0.2) is 39.2 Å². The number of para-hydroxylation sites is 1. The molecule has 1 saturated heterocycles. The Labute approximate surface area is 152 Å². The van der Waals surface area contributed by atoms with Crippen molar-refractivity contribution in [2.45, 2.75) is 31.8 Å². The number of hydrogen-bond donors (Lipinski definition) is 1. The molecule has 1 aliphatic heterocycles. The lowest BCUT2D eigenvalue weighted by molar-refractivity contribution is -0.132. The lowest BCUT2D eigenvalue weighted by Crippen LogP contribution is -2.31. The number of rotatable bonds is 5. The van der Waals surface area contributed by atoms with Gasteiger partial charge in [0, 0.05) is 31.6 Å². The minimum absolute atomic E-state index is 0.145. The molecule has 0 aliphatic carbocycles. The number of nitrogens with one attached hydrogen (secondary N) is 1. The molecule has 6 heteroatoms. The Bertz CT molecular complexity index is 919. The Morgan fingerprint density at radius 2 is 2.19 bits per heavy atom. The van der Waals surface area contributed by atoms with E-state index in [1.807, 2.05) is 59.2 Å². The van der Waals surface area contributed by atoms with Crippen molar-refractivity contribution in [3.05, 3.63) is 54.4 Å². The number of benzene rings is 1. The smallest absolute Gasteiger partial charge is 0.224 e. The molecule has 0 radical (unpaired) electrons. The third-order valence-corrected chi connectivity index (χ3v) is 5.09. The van der Waals surface area contributed by atoms with Gasteiger partial charge in [-0.05, 0) is 36.6 Å². The minimum Gasteiger partial charge on any atom is -0.373 e. The van der Waals surface area contributed by atoms with Gasteiger partial charge >= 0.3 is 0 Å². The van der Waals surface area contributed by atoms with Crippen molar-refractivity contribution in [3.63, 3.8) is 0 Å². The molecule has 0 saturated carbocycles. The van der Waals surface area contributed by atoms with Crippen LogP contribution in [0.5, 0.6) is 0 Å². The van der Waals surface area contributed by atoms with Gasteiger partial charge in [-0.3, -0.25) is 9.48 Å². The van der Waals surface area contributed by atoms with Crippen molar-refractivity contribution >= 4 is 22.6 Å². The molecule has 1 aliphatic rings. The first-order valence-corrected chi connectivity index (χ1v) is 9.10. The minimum atomic E-state index is 0.145. The molecule has 3 aromatic rings. The number of fused-ring (bicyclic) bond motifs is 1. The van der Waals surface area contributed by atoms with Crippen LogP contribution in [0.25, 0.3) is 10.9 Å². The first-order chi connectivity index (χ1) is 12.8. The highest BCUT2D eigenvalue weighted by molar-refractivity contribution is 5.79. The average molecular weight is 349 g/mol. The van der Waals surface area contributed by atoms with Gasteiger partial charge in [-0.2, -0.15) is 5.10 Å². The van der Waals surface area contributed by atoms with Gasteiger partial charge in [-0.15, -0.1) is 0 Å². The highest BCUT2D eigenvalue weighted by Crippen LogP contribution is 2.33. The Morgan fingerprint density at radius 3 is 3.08 bits per heavy atom. The molecule has 1 N–H and O–H groups in total. The number of anilines is 1. The second kappa shape index (κ2) is 7.15. The normalized spacial score (nSPS) is 17.0. The molecule has 1 atom stereocenters. The van der Waals surface area contributed by atoms with Gasteiger partial charge in [0.2, 0.25) is 5.91 Å². The number of pyridine rings is 1. The zero-order chi connectivity index (χ0) is 17.9. The molecule has 134 valence electrons. The average Bonchev–Trinajstić information content (AvgIpc) is 3.33. The van der Waals surface area contributed by atoms with E-state index in [0.29, 0.717) is 13.0 Å². The summed E-state index contributed by atoms with van der Waals surface area (Å²) in [5.41, 5.74) is 2.23. The second-order valence-electron chi connectivity index (χ2n) is 6.65. The van der Waals surface area contributed by atoms with Crippen LogP contribution in [0.15, 0.2) is 48.8 Å². The van der Waals surface area contributed by atoms with E-state index in [0.717, 1.165) is 41.7 Å². The zero-order valence-electron chi connectivity index (χ0n) is 14.9. The summed E-state index contributed by atoms with van der Waals surface area (Å²) >= 11 is 0. The molecule has 1 fully saturated rings. The van der Waals surface area contributed by atoms with Crippen LogP contribution in [0, 0.1) is 0 Å². The summed E-state index contributed by atoms with van der Waals surface area (Å²) in [7, 11) is 1.86. The summed E-state index contributed by atoms with van der Waals surface area (Å²) < 4.78 is 1.92. The Balaban J connectivity index is 1.46. The van der Waals surface area contributed by atoms with E-state index in [1.54, 1.807) is 6.20 Å². The summed E-state index contributed by atoms with van der Waals surface area (Å²) in [5, 5.41) is 8.60. The molecule has 0 bridgehead atoms. The van der Waals surface area contributed by atoms with Gasteiger partial charge in [-0.1, -0.05) is 18.2 Å². The summed E-state index contributed by atoms with van der Waals surface area (Å²) in [6.45, 7) is 1.42. The van der Waals surface area contributed by atoms with Gasteiger partial charge in [0.05, 0.1) is 24.3 Å². The van der Waals surface area contributed by atoms with Crippen LogP contribution in [0.3, 0.4) is 0 Å². The SMILES string of the molecule is CNc1cc([C@@H]2CCCN2C(=O)CCn2ncc3ccccc32)ccn1. The maximum atomic E-state index is 12.9. The van der Waals surface area contributed by atoms with Gasteiger partial charge in [0.15, 0.2) is 0 Å².